The van der Waals surface area contributed by atoms with Crippen LogP contribution in [0.25, 0.3) is 0 Å². The van der Waals surface area contributed by atoms with E-state index in [0.717, 1.165) is 9.80 Å². The molecule has 0 bridgehead atoms. The molecule has 0 saturated carbocycles. The number of carbonyl (C=O) groups excluding carboxylic acids is 5. The number of carboxylic acids is 6. The molecule has 0 aromatic heterocycles. The lowest BCUT2D eigenvalue weighted by Gasteiger charge is -2.32. The lowest BCUT2D eigenvalue weighted by molar-refractivity contribution is -0.146. The van der Waals surface area contributed by atoms with Crippen molar-refractivity contribution in [2.75, 3.05) is 131 Å². The minimum atomic E-state index is -4.81. The Morgan fingerprint density at radius 1 is 0.487 bits per heavy atom. The van der Waals surface area contributed by atoms with Gasteiger partial charge in [0.1, 0.15) is 36.7 Å². The van der Waals surface area contributed by atoms with E-state index in [9.17, 15) is 112 Å². The monoisotopic (exact) mass is 1170 g/mol. The van der Waals surface area contributed by atoms with Crippen LogP contribution < -0.4 is 38.1 Å². The van der Waals surface area contributed by atoms with Crippen LogP contribution in [0.3, 0.4) is 0 Å². The smallest absolute Gasteiger partial charge is 0.339 e. The number of hydrogen-bond donors (Lipinski definition) is 17. The second kappa shape index (κ2) is 37.1. The van der Waals surface area contributed by atoms with Crippen molar-refractivity contribution in [3.05, 3.63) is 0 Å². The predicted octanol–water partition coefficient (Wildman–Crippen LogP) is -8.28. The fourth-order valence-electron chi connectivity index (χ4n) is 7.21. The number of carbonyl (C=O) groups is 11. The topological polar surface area (TPSA) is 556 Å². The van der Waals surface area contributed by atoms with Crippen molar-refractivity contribution in [3.8, 4) is 0 Å². The first-order valence-electron chi connectivity index (χ1n) is 23.8. The molecule has 0 fully saturated rings. The molecule has 0 aromatic carbocycles. The Bertz CT molecular complexity index is 2120. The molecule has 36 nitrogen and oxygen atoms in total. The molecule has 448 valence electrons. The molecular weight excluding hydrogens is 1090 g/mol. The second-order valence-corrected chi connectivity index (χ2v) is 20.6. The van der Waals surface area contributed by atoms with Crippen LogP contribution in [-0.2, 0) is 61.9 Å². The third kappa shape index (κ3) is 34.1. The number of nitrogens with two attached hydrogens (primary N) is 2. The van der Waals surface area contributed by atoms with Crippen molar-refractivity contribution in [2.45, 2.75) is 57.3 Å². The van der Waals surface area contributed by atoms with Gasteiger partial charge in [-0.2, -0.15) is 0 Å². The van der Waals surface area contributed by atoms with Gasteiger partial charge in [-0.25, -0.2) is 0 Å². The standard InChI is InChI=1S/C40H75N13O23P2/c1-3-48(19-33(57)58)7-11-52(13-9-50(21-35(61)62)24-77(71,72)73)28(39(67)68)15-31(55)44-17-26(42)37(65)43-6-5-30(54)47-27(38(66)46-23-41)18-45-32(56)16-29(40(69)70)53(12-8-49(4-2)20-34(59)60)14-10-51(22-36(63)64)25-78(74,75)76/h26-29H,3-25,41-42H2,1-2H3,(H,43,65)(H,44,55)(H,45,56)(H,46,66)(H,47,54)(H,57,58)(H,59,60)(H,61,62)(H,63,64)(H,67,68)(H,69,70)(H2,71,72,73)(H2,74,75,76). The normalized spacial score (nSPS) is 13.5. The molecule has 0 heterocycles. The van der Waals surface area contributed by atoms with E-state index in [0.29, 0.717) is 0 Å². The summed E-state index contributed by atoms with van der Waals surface area (Å²) in [5.74, 6) is -13.1. The van der Waals surface area contributed by atoms with Gasteiger partial charge < -0.3 is 88.3 Å². The van der Waals surface area contributed by atoms with Gasteiger partial charge in [-0.1, -0.05) is 13.8 Å². The summed E-state index contributed by atoms with van der Waals surface area (Å²) in [7, 11) is -9.60. The van der Waals surface area contributed by atoms with Gasteiger partial charge in [0.15, 0.2) is 0 Å². The van der Waals surface area contributed by atoms with Crippen LogP contribution in [0, 0.1) is 0 Å². The Morgan fingerprint density at radius 2 is 0.846 bits per heavy atom. The fraction of sp³-hybridized carbons (Fsp3) is 0.725. The first-order chi connectivity index (χ1) is 36.2. The molecule has 0 aliphatic carbocycles. The van der Waals surface area contributed by atoms with Crippen LogP contribution in [0.5, 0.6) is 0 Å². The highest BCUT2D eigenvalue weighted by Crippen LogP contribution is 2.35. The number of hydrogen-bond acceptors (Lipinski definition) is 21. The van der Waals surface area contributed by atoms with E-state index in [1.165, 1.54) is 19.6 Å². The number of likely N-dealkylation sites (N-methyl/N-ethyl adjacent to an activating group) is 2. The van der Waals surface area contributed by atoms with Crippen LogP contribution >= 0.6 is 15.2 Å². The summed E-state index contributed by atoms with van der Waals surface area (Å²) < 4.78 is 23.4. The van der Waals surface area contributed by atoms with E-state index in [2.05, 4.69) is 26.6 Å². The van der Waals surface area contributed by atoms with E-state index in [4.69, 9.17) is 11.5 Å². The van der Waals surface area contributed by atoms with Gasteiger partial charge in [-0.3, -0.25) is 91.3 Å². The van der Waals surface area contributed by atoms with Crippen molar-refractivity contribution in [1.82, 2.24) is 56.0 Å². The van der Waals surface area contributed by atoms with Gasteiger partial charge in [0, 0.05) is 78.4 Å². The molecular formula is C40H75N13O23P2. The minimum absolute atomic E-state index is 0.0589. The summed E-state index contributed by atoms with van der Waals surface area (Å²) in [5, 5.41) is 68.9. The fourth-order valence-corrected chi connectivity index (χ4v) is 8.74. The average Bonchev–Trinajstić information content (AvgIpc) is 3.30. The lowest BCUT2D eigenvalue weighted by atomic mass is 10.1. The van der Waals surface area contributed by atoms with E-state index in [1.54, 1.807) is 13.8 Å². The van der Waals surface area contributed by atoms with Gasteiger partial charge in [0.25, 0.3) is 0 Å². The van der Waals surface area contributed by atoms with Crippen molar-refractivity contribution >= 4 is 80.5 Å². The van der Waals surface area contributed by atoms with Crippen LogP contribution in [-0.4, -0.2) is 300 Å². The van der Waals surface area contributed by atoms with E-state index >= 15 is 0 Å². The Morgan fingerprint density at radius 3 is 1.18 bits per heavy atom. The van der Waals surface area contributed by atoms with E-state index < -0.39 is 202 Å². The molecule has 0 rings (SSSR count). The highest BCUT2D eigenvalue weighted by atomic mass is 31.2. The first kappa shape index (κ1) is 72.2. The Balaban J connectivity index is 5.88. The maximum absolute atomic E-state index is 13.2. The molecule has 4 unspecified atom stereocenters. The summed E-state index contributed by atoms with van der Waals surface area (Å²) in [6.07, 6.45) is -4.16. The third-order valence-corrected chi connectivity index (χ3v) is 12.6. The molecule has 5 amide bonds. The maximum atomic E-state index is 13.2. The van der Waals surface area contributed by atoms with Crippen LogP contribution in [0.2, 0.25) is 0 Å². The summed E-state index contributed by atoms with van der Waals surface area (Å²) >= 11 is 0. The molecule has 0 aliphatic heterocycles. The molecule has 0 saturated heterocycles. The quantitative estimate of drug-likeness (QED) is 0.0199. The molecule has 0 radical (unpaired) electrons. The van der Waals surface area contributed by atoms with Gasteiger partial charge in [0.05, 0.1) is 45.7 Å². The third-order valence-electron chi connectivity index (χ3n) is 11.1. The number of aliphatic carboxylic acids is 6. The molecule has 0 aliphatic rings. The van der Waals surface area contributed by atoms with Crippen LogP contribution in [0.4, 0.5) is 0 Å². The number of nitrogens with one attached hydrogen (secondary N) is 5. The summed E-state index contributed by atoms with van der Waals surface area (Å²) in [6.45, 7) is -3.18. The molecule has 0 aromatic rings. The van der Waals surface area contributed by atoms with Crippen molar-refractivity contribution < 1.29 is 112 Å². The molecule has 38 heteroatoms. The van der Waals surface area contributed by atoms with Crippen molar-refractivity contribution in [1.29, 1.82) is 0 Å². The largest absolute Gasteiger partial charge is 0.480 e. The maximum Gasteiger partial charge on any atom is 0.339 e. The first-order valence-corrected chi connectivity index (χ1v) is 27.4. The highest BCUT2D eigenvalue weighted by Gasteiger charge is 2.33. The van der Waals surface area contributed by atoms with Crippen LogP contribution in [0.1, 0.15) is 33.1 Å². The van der Waals surface area contributed by atoms with Gasteiger partial charge in [-0.15, -0.1) is 0 Å². The Hall–Kier alpha value is -5.85. The van der Waals surface area contributed by atoms with Gasteiger partial charge in [0.2, 0.25) is 29.5 Å². The number of nitrogens with zero attached hydrogens (tertiary/aromatic N) is 6. The summed E-state index contributed by atoms with van der Waals surface area (Å²) in [5.41, 5.74) is 11.3. The van der Waals surface area contributed by atoms with Gasteiger partial charge >= 0.3 is 51.0 Å². The van der Waals surface area contributed by atoms with Gasteiger partial charge in [-0.05, 0) is 13.1 Å². The number of amides is 5. The zero-order valence-corrected chi connectivity index (χ0v) is 44.9. The van der Waals surface area contributed by atoms with E-state index in [-0.39, 0.29) is 52.4 Å². The Kier molecular flexibility index (Phi) is 34.3. The zero-order valence-electron chi connectivity index (χ0n) is 43.1. The molecule has 0 spiro atoms. The highest BCUT2D eigenvalue weighted by molar-refractivity contribution is 7.51. The lowest BCUT2D eigenvalue weighted by Crippen LogP contribution is -2.55. The number of rotatable bonds is 45. The minimum Gasteiger partial charge on any atom is -0.480 e. The molecule has 78 heavy (non-hydrogen) atoms. The van der Waals surface area contributed by atoms with E-state index in [1.807, 2.05) is 0 Å². The second-order valence-electron chi connectivity index (χ2n) is 17.3. The predicted molar refractivity (Wildman–Crippen MR) is 268 cm³/mol. The summed E-state index contributed by atoms with van der Waals surface area (Å²) in [6, 6.07) is -6.41. The average molecular weight is 1170 g/mol. The molecule has 4 atom stereocenters. The Labute approximate surface area is 447 Å². The summed E-state index contributed by atoms with van der Waals surface area (Å²) in [4.78, 5) is 180. The molecule has 19 N–H and O–H groups in total. The zero-order chi connectivity index (χ0) is 59.9. The number of carboxylic acid groups (broad SMARTS) is 6. The van der Waals surface area contributed by atoms with Crippen molar-refractivity contribution in [2.24, 2.45) is 11.5 Å². The SMILES string of the molecule is CCN(CCN(CCN(CC(=O)O)CP(=O)(O)O)C(CC(=O)NCC(N)C(=O)NCCC(=O)NC(CNC(=O)CC(C(=O)O)N(CCN(CC)CC(=O)O)CCN(CC(=O)O)CP(=O)(O)O)C(=O)NCN)C(=O)O)CC(=O)O. The van der Waals surface area contributed by atoms with Crippen molar-refractivity contribution in [3.63, 3.8) is 0 Å². The van der Waals surface area contributed by atoms with Crippen LogP contribution in [0.15, 0.2) is 0 Å².